The molecule has 45 heavy (non-hydrogen) atoms. The van der Waals surface area contributed by atoms with Gasteiger partial charge in [0.1, 0.15) is 23.0 Å². The average Bonchev–Trinajstić information content (AvgIpc) is 3.32. The maximum Gasteiger partial charge on any atom is 0.611 e. The molecular weight excluding hydrogens is 556 g/mol. The van der Waals surface area contributed by atoms with Gasteiger partial charge >= 0.3 is 6.16 Å². The molecule has 0 fully saturated rings. The fourth-order valence-electron chi connectivity index (χ4n) is 7.04. The fourth-order valence-corrected chi connectivity index (χ4v) is 7.04. The molecule has 8 aromatic carbocycles. The van der Waals surface area contributed by atoms with Gasteiger partial charge < -0.3 is 18.9 Å². The summed E-state index contributed by atoms with van der Waals surface area (Å²) in [5, 5.41) is 8.63. The Bertz CT molecular complexity index is 2160. The summed E-state index contributed by atoms with van der Waals surface area (Å²) in [7, 11) is 0. The standard InChI is InChI=1S/C41H24O4/c1-5-13-29-25(9-1)17-21-33-37(29)38-30-14-6-2-10-26(30)18-22-34(38)43-41(42-33)44-35-23-19-27-11-3-7-15-31(27)39(35)40-32-16-8-4-12-28(32)20-24-36(40)45-41/h1-24H. The third-order valence-corrected chi connectivity index (χ3v) is 9.00. The van der Waals surface area contributed by atoms with E-state index in [0.29, 0.717) is 23.0 Å². The molecule has 0 radical (unpaired) electrons. The molecule has 0 aliphatic carbocycles. The van der Waals surface area contributed by atoms with Crippen molar-refractivity contribution >= 4 is 43.1 Å². The molecule has 0 saturated heterocycles. The maximum atomic E-state index is 6.88. The highest BCUT2D eigenvalue weighted by Gasteiger charge is 2.49. The summed E-state index contributed by atoms with van der Waals surface area (Å²) in [6.07, 6.45) is -1.96. The molecule has 2 heterocycles. The number of ether oxygens (including phenoxy) is 4. The van der Waals surface area contributed by atoms with Crippen molar-refractivity contribution < 1.29 is 18.9 Å². The van der Waals surface area contributed by atoms with Crippen molar-refractivity contribution in [2.45, 2.75) is 6.16 Å². The first-order valence-corrected chi connectivity index (χ1v) is 15.1. The monoisotopic (exact) mass is 580 g/mol. The zero-order chi connectivity index (χ0) is 29.5. The average molecular weight is 581 g/mol. The molecule has 4 heteroatoms. The van der Waals surface area contributed by atoms with Crippen LogP contribution in [0.5, 0.6) is 23.0 Å². The second kappa shape index (κ2) is 9.01. The lowest BCUT2D eigenvalue weighted by molar-refractivity contribution is -0.364. The lowest BCUT2D eigenvalue weighted by atomic mass is 9.92. The minimum absolute atomic E-state index is 0.607. The Labute approximate surface area is 258 Å². The first-order chi connectivity index (χ1) is 22.2. The van der Waals surface area contributed by atoms with Crippen LogP contribution in [0.15, 0.2) is 146 Å². The molecule has 1 spiro atoms. The Balaban J connectivity index is 1.30. The van der Waals surface area contributed by atoms with Crippen LogP contribution in [-0.4, -0.2) is 6.16 Å². The SMILES string of the molecule is c1ccc2c3c(ccc2c1)OC1(Oc2ccc4ccccc4c2-3)Oc2ccc3ccccc3c2-c2c(ccc3ccccc23)O1. The van der Waals surface area contributed by atoms with E-state index >= 15 is 0 Å². The van der Waals surface area contributed by atoms with Gasteiger partial charge in [-0.25, -0.2) is 0 Å². The van der Waals surface area contributed by atoms with Crippen molar-refractivity contribution in [1.82, 2.24) is 0 Å². The van der Waals surface area contributed by atoms with Crippen molar-refractivity contribution in [2.24, 2.45) is 0 Å². The topological polar surface area (TPSA) is 36.9 Å². The van der Waals surface area contributed by atoms with Gasteiger partial charge in [-0.15, -0.1) is 0 Å². The molecule has 2 aliphatic rings. The van der Waals surface area contributed by atoms with E-state index in [4.69, 9.17) is 18.9 Å². The van der Waals surface area contributed by atoms with E-state index in [0.717, 1.165) is 65.3 Å². The molecule has 0 bridgehead atoms. The highest BCUT2D eigenvalue weighted by molar-refractivity contribution is 6.11. The van der Waals surface area contributed by atoms with E-state index in [1.54, 1.807) is 0 Å². The van der Waals surface area contributed by atoms with Gasteiger partial charge in [-0.3, -0.25) is 0 Å². The molecular formula is C41H24O4. The minimum atomic E-state index is -1.96. The highest BCUT2D eigenvalue weighted by Crippen LogP contribution is 2.53. The smallest absolute Gasteiger partial charge is 0.385 e. The minimum Gasteiger partial charge on any atom is -0.385 e. The first-order valence-electron chi connectivity index (χ1n) is 15.1. The van der Waals surface area contributed by atoms with E-state index in [1.807, 2.05) is 48.5 Å². The molecule has 10 rings (SSSR count). The predicted molar refractivity (Wildman–Crippen MR) is 179 cm³/mol. The summed E-state index contributed by atoms with van der Waals surface area (Å²) >= 11 is 0. The molecule has 0 unspecified atom stereocenters. The van der Waals surface area contributed by atoms with E-state index in [-0.39, 0.29) is 0 Å². The van der Waals surface area contributed by atoms with Crippen LogP contribution in [0.4, 0.5) is 0 Å². The zero-order valence-electron chi connectivity index (χ0n) is 24.0. The van der Waals surface area contributed by atoms with Gasteiger partial charge in [-0.05, 0) is 67.4 Å². The van der Waals surface area contributed by atoms with Gasteiger partial charge in [0.2, 0.25) is 0 Å². The molecule has 0 atom stereocenters. The van der Waals surface area contributed by atoms with Crippen molar-refractivity contribution in [2.75, 3.05) is 0 Å². The van der Waals surface area contributed by atoms with Crippen LogP contribution >= 0.6 is 0 Å². The maximum absolute atomic E-state index is 6.88. The third kappa shape index (κ3) is 3.54. The molecule has 0 N–H and O–H groups in total. The molecule has 2 aliphatic heterocycles. The number of hydrogen-bond acceptors (Lipinski definition) is 4. The number of hydrogen-bond donors (Lipinski definition) is 0. The largest absolute Gasteiger partial charge is 0.611 e. The van der Waals surface area contributed by atoms with Crippen LogP contribution in [0.2, 0.25) is 0 Å². The number of benzene rings is 8. The second-order valence-electron chi connectivity index (χ2n) is 11.5. The molecule has 4 nitrogen and oxygen atoms in total. The Morgan fingerprint density at radius 1 is 0.267 bits per heavy atom. The van der Waals surface area contributed by atoms with Gasteiger partial charge in [-0.1, -0.05) is 121 Å². The van der Waals surface area contributed by atoms with E-state index in [2.05, 4.69) is 97.1 Å². The van der Waals surface area contributed by atoms with E-state index in [9.17, 15) is 0 Å². The van der Waals surface area contributed by atoms with Gasteiger partial charge in [-0.2, -0.15) is 0 Å². The summed E-state index contributed by atoms with van der Waals surface area (Å²) in [6, 6.07) is 49.6. The van der Waals surface area contributed by atoms with Gasteiger partial charge in [0.05, 0.1) is 0 Å². The summed E-state index contributed by atoms with van der Waals surface area (Å²) in [5.41, 5.74) is 3.74. The first kappa shape index (κ1) is 24.4. The summed E-state index contributed by atoms with van der Waals surface area (Å²) in [6.45, 7) is 0. The summed E-state index contributed by atoms with van der Waals surface area (Å²) < 4.78 is 27.5. The van der Waals surface area contributed by atoms with Crippen LogP contribution in [0, 0.1) is 0 Å². The van der Waals surface area contributed by atoms with Crippen LogP contribution in [0.25, 0.3) is 65.3 Å². The second-order valence-corrected chi connectivity index (χ2v) is 11.5. The Kier molecular flexibility index (Phi) is 4.89. The van der Waals surface area contributed by atoms with Gasteiger partial charge in [0, 0.05) is 22.3 Å². The van der Waals surface area contributed by atoms with Crippen molar-refractivity contribution in [3.63, 3.8) is 0 Å². The third-order valence-electron chi connectivity index (χ3n) is 9.00. The van der Waals surface area contributed by atoms with Crippen LogP contribution in [0.1, 0.15) is 0 Å². The number of rotatable bonds is 0. The Morgan fingerprint density at radius 2 is 0.511 bits per heavy atom. The zero-order valence-corrected chi connectivity index (χ0v) is 24.0. The van der Waals surface area contributed by atoms with Crippen LogP contribution in [0.3, 0.4) is 0 Å². The Morgan fingerprint density at radius 3 is 0.778 bits per heavy atom. The van der Waals surface area contributed by atoms with Crippen LogP contribution < -0.4 is 18.9 Å². The number of fused-ring (bicyclic) bond motifs is 14. The van der Waals surface area contributed by atoms with Crippen molar-refractivity contribution in [1.29, 1.82) is 0 Å². The van der Waals surface area contributed by atoms with Crippen molar-refractivity contribution in [3.05, 3.63) is 146 Å². The van der Waals surface area contributed by atoms with E-state index in [1.165, 1.54) is 0 Å². The summed E-state index contributed by atoms with van der Waals surface area (Å²) in [5.74, 6) is 2.43. The lowest BCUT2D eigenvalue weighted by Crippen LogP contribution is -2.53. The van der Waals surface area contributed by atoms with Gasteiger partial charge in [0.15, 0.2) is 0 Å². The lowest BCUT2D eigenvalue weighted by Gasteiger charge is -2.30. The molecule has 0 saturated carbocycles. The normalized spacial score (nSPS) is 14.2. The van der Waals surface area contributed by atoms with Gasteiger partial charge in [0.25, 0.3) is 0 Å². The molecule has 8 aromatic rings. The fraction of sp³-hybridized carbons (Fsp3) is 0.0244. The highest BCUT2D eigenvalue weighted by atomic mass is 17.0. The Hall–Kier alpha value is -6.00. The predicted octanol–water partition coefficient (Wildman–Crippen LogP) is 10.5. The van der Waals surface area contributed by atoms with Crippen LogP contribution in [-0.2, 0) is 0 Å². The van der Waals surface area contributed by atoms with E-state index < -0.39 is 6.16 Å². The quantitative estimate of drug-likeness (QED) is 0.179. The molecule has 0 amide bonds. The summed E-state index contributed by atoms with van der Waals surface area (Å²) in [4.78, 5) is 0. The molecule has 0 aromatic heterocycles. The molecule has 212 valence electrons. The van der Waals surface area contributed by atoms with Crippen molar-refractivity contribution in [3.8, 4) is 45.3 Å².